The standard InChI is InChI=1S/C5H7F3N2O/c6-5(7,8)3(2-9)1-4(10)11/h1-2,11H,9-10H2/b3-2+,4-1+. The fourth-order valence-electron chi connectivity index (χ4n) is 0.384. The van der Waals surface area contributed by atoms with Crippen LogP contribution in [0.3, 0.4) is 0 Å². The van der Waals surface area contributed by atoms with E-state index in [1.54, 1.807) is 0 Å². The van der Waals surface area contributed by atoms with Gasteiger partial charge in [0.15, 0.2) is 5.88 Å². The van der Waals surface area contributed by atoms with E-state index >= 15 is 0 Å². The molecule has 0 amide bonds. The molecule has 64 valence electrons. The van der Waals surface area contributed by atoms with Crippen LogP contribution < -0.4 is 11.5 Å². The summed E-state index contributed by atoms with van der Waals surface area (Å²) in [6, 6.07) is 0. The molecule has 0 fully saturated rings. The van der Waals surface area contributed by atoms with Crippen molar-refractivity contribution in [2.75, 3.05) is 0 Å². The molecule has 0 atom stereocenters. The maximum absolute atomic E-state index is 11.7. The van der Waals surface area contributed by atoms with Gasteiger partial charge in [-0.25, -0.2) is 0 Å². The molecule has 0 aromatic rings. The Morgan fingerprint density at radius 1 is 1.36 bits per heavy atom. The van der Waals surface area contributed by atoms with E-state index < -0.39 is 17.6 Å². The molecule has 3 nitrogen and oxygen atoms in total. The Morgan fingerprint density at radius 2 is 1.82 bits per heavy atom. The van der Waals surface area contributed by atoms with Gasteiger partial charge in [-0.05, 0) is 0 Å². The highest BCUT2D eigenvalue weighted by Gasteiger charge is 2.32. The van der Waals surface area contributed by atoms with E-state index in [1.807, 2.05) is 0 Å². The predicted molar refractivity (Wildman–Crippen MR) is 33.2 cm³/mol. The summed E-state index contributed by atoms with van der Waals surface area (Å²) in [6.07, 6.45) is -3.93. The second-order valence-corrected chi connectivity index (χ2v) is 1.69. The molecule has 0 aliphatic carbocycles. The average molecular weight is 168 g/mol. The Morgan fingerprint density at radius 3 is 1.91 bits per heavy atom. The normalized spacial score (nSPS) is 15.2. The van der Waals surface area contributed by atoms with Gasteiger partial charge in [-0.15, -0.1) is 0 Å². The first-order valence-corrected chi connectivity index (χ1v) is 2.53. The van der Waals surface area contributed by atoms with Gasteiger partial charge >= 0.3 is 6.18 Å². The van der Waals surface area contributed by atoms with Crippen molar-refractivity contribution in [1.82, 2.24) is 0 Å². The Balaban J connectivity index is 4.60. The molecule has 0 spiro atoms. The minimum absolute atomic E-state index is 0.322. The molecule has 0 aliphatic heterocycles. The predicted octanol–water partition coefficient (Wildman–Crippen LogP) is 0.749. The lowest BCUT2D eigenvalue weighted by Crippen LogP contribution is -2.13. The molecule has 0 bridgehead atoms. The Kier molecular flexibility index (Phi) is 2.79. The van der Waals surface area contributed by atoms with Crippen LogP contribution in [0.25, 0.3) is 0 Å². The van der Waals surface area contributed by atoms with Gasteiger partial charge in [-0.3, -0.25) is 0 Å². The van der Waals surface area contributed by atoms with E-state index in [-0.39, 0.29) is 0 Å². The molecular formula is C5H7F3N2O. The summed E-state index contributed by atoms with van der Waals surface area (Å²) >= 11 is 0. The summed E-state index contributed by atoms with van der Waals surface area (Å²) in [4.78, 5) is 0. The molecular weight excluding hydrogens is 161 g/mol. The van der Waals surface area contributed by atoms with E-state index in [1.165, 1.54) is 0 Å². The number of aliphatic hydroxyl groups is 1. The van der Waals surface area contributed by atoms with Gasteiger partial charge in [-0.1, -0.05) is 0 Å². The van der Waals surface area contributed by atoms with Crippen molar-refractivity contribution in [2.24, 2.45) is 11.5 Å². The maximum Gasteiger partial charge on any atom is 0.417 e. The van der Waals surface area contributed by atoms with Crippen molar-refractivity contribution in [3.05, 3.63) is 23.7 Å². The zero-order valence-corrected chi connectivity index (χ0v) is 5.39. The molecule has 11 heavy (non-hydrogen) atoms. The molecule has 0 radical (unpaired) electrons. The molecule has 5 N–H and O–H groups in total. The van der Waals surface area contributed by atoms with E-state index in [9.17, 15) is 13.2 Å². The number of allylic oxidation sites excluding steroid dienone is 2. The van der Waals surface area contributed by atoms with Crippen LogP contribution in [0, 0.1) is 0 Å². The number of alkyl halides is 3. The highest BCUT2D eigenvalue weighted by atomic mass is 19.4. The number of hydrogen-bond donors (Lipinski definition) is 3. The third kappa shape index (κ3) is 3.39. The Bertz CT molecular complexity index is 190. The topological polar surface area (TPSA) is 72.3 Å². The van der Waals surface area contributed by atoms with Crippen LogP contribution in [-0.2, 0) is 0 Å². The lowest BCUT2D eigenvalue weighted by molar-refractivity contribution is -0.0886. The quantitative estimate of drug-likeness (QED) is 0.399. The van der Waals surface area contributed by atoms with Gasteiger partial charge in [0.05, 0.1) is 5.57 Å². The second-order valence-electron chi connectivity index (χ2n) is 1.69. The second kappa shape index (κ2) is 3.18. The number of aliphatic hydroxyl groups excluding tert-OH is 1. The van der Waals surface area contributed by atoms with Crippen molar-refractivity contribution >= 4 is 0 Å². The first kappa shape index (κ1) is 9.67. The third-order valence-electron chi connectivity index (χ3n) is 0.810. The van der Waals surface area contributed by atoms with Crippen LogP contribution in [0.1, 0.15) is 0 Å². The van der Waals surface area contributed by atoms with Crippen molar-refractivity contribution in [2.45, 2.75) is 6.18 Å². The molecule has 0 rings (SSSR count). The molecule has 0 aliphatic rings. The van der Waals surface area contributed by atoms with Crippen LogP contribution in [0.4, 0.5) is 13.2 Å². The molecule has 6 heteroatoms. The van der Waals surface area contributed by atoms with Gasteiger partial charge < -0.3 is 16.6 Å². The van der Waals surface area contributed by atoms with Crippen molar-refractivity contribution in [3.63, 3.8) is 0 Å². The monoisotopic (exact) mass is 168 g/mol. The van der Waals surface area contributed by atoms with Crippen LogP contribution in [0.15, 0.2) is 23.7 Å². The highest BCUT2D eigenvalue weighted by molar-refractivity contribution is 5.23. The number of hydrogen-bond acceptors (Lipinski definition) is 3. The molecule has 0 saturated heterocycles. The zero-order chi connectivity index (χ0) is 9.07. The van der Waals surface area contributed by atoms with Gasteiger partial charge in [0.25, 0.3) is 0 Å². The number of rotatable bonds is 1. The molecule has 0 heterocycles. The van der Waals surface area contributed by atoms with Gasteiger partial charge in [0, 0.05) is 12.3 Å². The highest BCUT2D eigenvalue weighted by Crippen LogP contribution is 2.25. The van der Waals surface area contributed by atoms with Gasteiger partial charge in [0.2, 0.25) is 0 Å². The van der Waals surface area contributed by atoms with Gasteiger partial charge in [-0.2, -0.15) is 13.2 Å². The van der Waals surface area contributed by atoms with Gasteiger partial charge in [0.1, 0.15) is 0 Å². The van der Waals surface area contributed by atoms with Crippen LogP contribution in [0.5, 0.6) is 0 Å². The lowest BCUT2D eigenvalue weighted by atomic mass is 10.3. The van der Waals surface area contributed by atoms with E-state index in [2.05, 4.69) is 11.5 Å². The third-order valence-corrected chi connectivity index (χ3v) is 0.810. The van der Waals surface area contributed by atoms with Crippen molar-refractivity contribution in [3.8, 4) is 0 Å². The fourth-order valence-corrected chi connectivity index (χ4v) is 0.384. The van der Waals surface area contributed by atoms with Crippen LogP contribution in [0.2, 0.25) is 0 Å². The summed E-state index contributed by atoms with van der Waals surface area (Å²) in [5, 5.41) is 8.26. The first-order valence-electron chi connectivity index (χ1n) is 2.53. The Labute approximate surface area is 60.8 Å². The molecule has 0 aromatic carbocycles. The van der Waals surface area contributed by atoms with E-state index in [0.29, 0.717) is 12.3 Å². The summed E-state index contributed by atoms with van der Waals surface area (Å²) in [5.41, 5.74) is 8.02. The van der Waals surface area contributed by atoms with Crippen molar-refractivity contribution < 1.29 is 18.3 Å². The lowest BCUT2D eigenvalue weighted by Gasteiger charge is -2.05. The van der Waals surface area contributed by atoms with E-state index in [0.717, 1.165) is 0 Å². The average Bonchev–Trinajstić information content (AvgIpc) is 1.79. The smallest absolute Gasteiger partial charge is 0.417 e. The van der Waals surface area contributed by atoms with Crippen LogP contribution >= 0.6 is 0 Å². The summed E-state index contributed by atoms with van der Waals surface area (Å²) < 4.78 is 35.2. The largest absolute Gasteiger partial charge is 0.495 e. The SMILES string of the molecule is N/C=C(\C=C(/N)O)C(F)(F)F. The molecule has 0 aromatic heterocycles. The first-order chi connectivity index (χ1) is 4.88. The van der Waals surface area contributed by atoms with E-state index in [4.69, 9.17) is 5.11 Å². The van der Waals surface area contributed by atoms with Crippen LogP contribution in [-0.4, -0.2) is 11.3 Å². The Hall–Kier alpha value is -1.33. The summed E-state index contributed by atoms with van der Waals surface area (Å²) in [6.45, 7) is 0. The molecule has 0 saturated carbocycles. The van der Waals surface area contributed by atoms with Crippen molar-refractivity contribution in [1.29, 1.82) is 0 Å². The number of halogens is 3. The minimum atomic E-state index is -4.58. The molecule has 0 unspecified atom stereocenters. The zero-order valence-electron chi connectivity index (χ0n) is 5.39. The fraction of sp³-hybridized carbons (Fsp3) is 0.200. The summed E-state index contributed by atoms with van der Waals surface area (Å²) in [5.74, 6) is -0.931. The minimum Gasteiger partial charge on any atom is -0.495 e. The maximum atomic E-state index is 11.7. The number of nitrogens with two attached hydrogens (primary N) is 2. The summed E-state index contributed by atoms with van der Waals surface area (Å²) in [7, 11) is 0.